The lowest BCUT2D eigenvalue weighted by Crippen LogP contribution is -2.38. The molecule has 3 N–H and O–H groups in total. The molecule has 20 heavy (non-hydrogen) atoms. The van der Waals surface area contributed by atoms with Gasteiger partial charge in [-0.05, 0) is 43.5 Å². The Balaban J connectivity index is 0.00000361. The molecule has 0 aliphatic rings. The molecule has 1 atom stereocenters. The molecular weight excluding hydrogens is 363 g/mol. The van der Waals surface area contributed by atoms with Crippen molar-refractivity contribution < 1.29 is 0 Å². The highest BCUT2D eigenvalue weighted by Crippen LogP contribution is 2.17. The van der Waals surface area contributed by atoms with Crippen LogP contribution in [0, 0.1) is 6.92 Å². The number of halogens is 1. The Kier molecular flexibility index (Phi) is 8.60. The van der Waals surface area contributed by atoms with Crippen molar-refractivity contribution in [2.24, 2.45) is 10.7 Å². The molecule has 0 saturated carbocycles. The Morgan fingerprint density at radius 3 is 2.55 bits per heavy atom. The fraction of sp³-hybridized carbons (Fsp3) is 0.533. The summed E-state index contributed by atoms with van der Waals surface area (Å²) in [4.78, 5) is 6.48. The zero-order chi connectivity index (χ0) is 14.4. The molecular formula is C15H27IN4. The summed E-state index contributed by atoms with van der Waals surface area (Å²) < 4.78 is 0. The van der Waals surface area contributed by atoms with Crippen LogP contribution in [0.25, 0.3) is 0 Å². The van der Waals surface area contributed by atoms with Gasteiger partial charge in [-0.15, -0.1) is 24.0 Å². The number of aliphatic imine (C=N–C) groups is 1. The molecule has 0 aliphatic heterocycles. The van der Waals surface area contributed by atoms with Crippen LogP contribution in [-0.4, -0.2) is 26.1 Å². The standard InChI is InChI=1S/C15H26N4.HI/c1-6-12(3)18-15(16)17-10-13-7-8-14(19(4)5)9-11(13)2;/h7-9,12H,6,10H2,1-5H3,(H3,16,17,18);1H. The van der Waals surface area contributed by atoms with Crippen LogP contribution in [0.5, 0.6) is 0 Å². The molecule has 0 aliphatic carbocycles. The van der Waals surface area contributed by atoms with Gasteiger partial charge in [-0.2, -0.15) is 0 Å². The predicted molar refractivity (Wildman–Crippen MR) is 99.1 cm³/mol. The van der Waals surface area contributed by atoms with Gasteiger partial charge in [-0.1, -0.05) is 13.0 Å². The van der Waals surface area contributed by atoms with E-state index in [1.54, 1.807) is 0 Å². The Morgan fingerprint density at radius 2 is 2.05 bits per heavy atom. The first-order valence-electron chi connectivity index (χ1n) is 6.77. The number of nitrogens with two attached hydrogens (primary N) is 1. The molecule has 0 saturated heterocycles. The summed E-state index contributed by atoms with van der Waals surface area (Å²) in [6, 6.07) is 6.75. The van der Waals surface area contributed by atoms with Gasteiger partial charge in [0.05, 0.1) is 6.54 Å². The first kappa shape index (κ1) is 19.0. The molecule has 114 valence electrons. The van der Waals surface area contributed by atoms with Crippen molar-refractivity contribution in [3.05, 3.63) is 29.3 Å². The summed E-state index contributed by atoms with van der Waals surface area (Å²) in [5.74, 6) is 0.519. The van der Waals surface area contributed by atoms with Crippen molar-refractivity contribution in [3.63, 3.8) is 0 Å². The maximum Gasteiger partial charge on any atom is 0.189 e. The molecule has 0 spiro atoms. The van der Waals surface area contributed by atoms with Crippen molar-refractivity contribution >= 4 is 35.6 Å². The minimum atomic E-state index is 0. The molecule has 1 rings (SSSR count). The molecule has 4 nitrogen and oxygen atoms in total. The second kappa shape index (κ2) is 9.05. The van der Waals surface area contributed by atoms with Gasteiger partial charge in [-0.3, -0.25) is 0 Å². The number of nitrogens with one attached hydrogen (secondary N) is 1. The zero-order valence-corrected chi connectivity index (χ0v) is 15.4. The largest absolute Gasteiger partial charge is 0.378 e. The van der Waals surface area contributed by atoms with Gasteiger partial charge in [-0.25, -0.2) is 4.99 Å². The van der Waals surface area contributed by atoms with Crippen LogP contribution < -0.4 is 16.0 Å². The third-order valence-electron chi connectivity index (χ3n) is 3.27. The van der Waals surface area contributed by atoms with Gasteiger partial charge < -0.3 is 16.0 Å². The van der Waals surface area contributed by atoms with E-state index < -0.39 is 0 Å². The summed E-state index contributed by atoms with van der Waals surface area (Å²) >= 11 is 0. The van der Waals surface area contributed by atoms with E-state index in [2.05, 4.69) is 54.2 Å². The van der Waals surface area contributed by atoms with Gasteiger partial charge >= 0.3 is 0 Å². The van der Waals surface area contributed by atoms with E-state index in [1.165, 1.54) is 16.8 Å². The smallest absolute Gasteiger partial charge is 0.189 e. The predicted octanol–water partition coefficient (Wildman–Crippen LogP) is 2.88. The van der Waals surface area contributed by atoms with Crippen molar-refractivity contribution in [3.8, 4) is 0 Å². The van der Waals surface area contributed by atoms with Crippen molar-refractivity contribution in [1.82, 2.24) is 5.32 Å². The Labute approximate surface area is 139 Å². The van der Waals surface area contributed by atoms with Crippen molar-refractivity contribution in [2.45, 2.75) is 39.8 Å². The molecule has 5 heteroatoms. The van der Waals surface area contributed by atoms with Gasteiger partial charge in [0.2, 0.25) is 0 Å². The van der Waals surface area contributed by atoms with Crippen LogP contribution in [0.1, 0.15) is 31.4 Å². The Morgan fingerprint density at radius 1 is 1.40 bits per heavy atom. The lowest BCUT2D eigenvalue weighted by atomic mass is 10.1. The van der Waals surface area contributed by atoms with E-state index >= 15 is 0 Å². The number of hydrogen-bond donors (Lipinski definition) is 2. The quantitative estimate of drug-likeness (QED) is 0.462. The summed E-state index contributed by atoms with van der Waals surface area (Å²) in [6.45, 7) is 6.94. The van der Waals surface area contributed by atoms with Gasteiger partial charge in [0.1, 0.15) is 0 Å². The lowest BCUT2D eigenvalue weighted by molar-refractivity contribution is 0.636. The number of hydrogen-bond acceptors (Lipinski definition) is 2. The molecule has 0 heterocycles. The third kappa shape index (κ3) is 5.98. The maximum absolute atomic E-state index is 5.86. The highest BCUT2D eigenvalue weighted by molar-refractivity contribution is 14.0. The zero-order valence-electron chi connectivity index (χ0n) is 13.1. The minimum absolute atomic E-state index is 0. The topological polar surface area (TPSA) is 53.6 Å². The lowest BCUT2D eigenvalue weighted by Gasteiger charge is -2.15. The van der Waals surface area contributed by atoms with Gasteiger partial charge in [0.15, 0.2) is 5.96 Å². The minimum Gasteiger partial charge on any atom is -0.378 e. The van der Waals surface area contributed by atoms with E-state index in [9.17, 15) is 0 Å². The Bertz CT molecular complexity index is 443. The van der Waals surface area contributed by atoms with Crippen LogP contribution in [0.4, 0.5) is 5.69 Å². The summed E-state index contributed by atoms with van der Waals surface area (Å²) in [6.07, 6.45) is 1.03. The molecule has 1 unspecified atom stereocenters. The summed E-state index contributed by atoms with van der Waals surface area (Å²) in [7, 11) is 4.08. The SMILES string of the molecule is CCC(C)NC(N)=NCc1ccc(N(C)C)cc1C.I. The monoisotopic (exact) mass is 390 g/mol. The van der Waals surface area contributed by atoms with Crippen molar-refractivity contribution in [1.29, 1.82) is 0 Å². The summed E-state index contributed by atoms with van der Waals surface area (Å²) in [5, 5.41) is 3.17. The van der Waals surface area contributed by atoms with E-state index in [0.717, 1.165) is 6.42 Å². The van der Waals surface area contributed by atoms with Crippen LogP contribution in [0.3, 0.4) is 0 Å². The van der Waals surface area contributed by atoms with E-state index in [1.807, 2.05) is 14.1 Å². The molecule has 0 amide bonds. The van der Waals surface area contributed by atoms with Crippen LogP contribution in [0.2, 0.25) is 0 Å². The van der Waals surface area contributed by atoms with E-state index in [0.29, 0.717) is 18.5 Å². The fourth-order valence-electron chi connectivity index (χ4n) is 1.71. The van der Waals surface area contributed by atoms with Crippen LogP contribution in [0.15, 0.2) is 23.2 Å². The number of guanidine groups is 1. The second-order valence-corrected chi connectivity index (χ2v) is 5.16. The third-order valence-corrected chi connectivity index (χ3v) is 3.27. The van der Waals surface area contributed by atoms with Crippen LogP contribution in [-0.2, 0) is 6.54 Å². The molecule has 1 aromatic carbocycles. The first-order valence-corrected chi connectivity index (χ1v) is 6.77. The van der Waals surface area contributed by atoms with E-state index in [-0.39, 0.29) is 24.0 Å². The number of anilines is 1. The second-order valence-electron chi connectivity index (χ2n) is 5.16. The van der Waals surface area contributed by atoms with Crippen LogP contribution >= 0.6 is 24.0 Å². The molecule has 0 radical (unpaired) electrons. The first-order chi connectivity index (χ1) is 8.93. The molecule has 0 bridgehead atoms. The summed E-state index contributed by atoms with van der Waals surface area (Å²) in [5.41, 5.74) is 9.51. The molecule has 0 fully saturated rings. The fourth-order valence-corrected chi connectivity index (χ4v) is 1.71. The highest BCUT2D eigenvalue weighted by atomic mass is 127. The maximum atomic E-state index is 5.86. The van der Waals surface area contributed by atoms with Gasteiger partial charge in [0.25, 0.3) is 0 Å². The average molecular weight is 390 g/mol. The average Bonchev–Trinajstić information content (AvgIpc) is 2.36. The number of nitrogens with zero attached hydrogens (tertiary/aromatic N) is 2. The molecule has 0 aromatic heterocycles. The Hall–Kier alpha value is -0.980. The number of benzene rings is 1. The van der Waals surface area contributed by atoms with E-state index in [4.69, 9.17) is 5.73 Å². The van der Waals surface area contributed by atoms with Crippen molar-refractivity contribution in [2.75, 3.05) is 19.0 Å². The van der Waals surface area contributed by atoms with Gasteiger partial charge in [0, 0.05) is 25.8 Å². The number of rotatable bonds is 5. The highest BCUT2D eigenvalue weighted by Gasteiger charge is 2.02. The molecule has 1 aromatic rings. The normalized spacial score (nSPS) is 12.6. The number of aryl methyl sites for hydroxylation is 1.